The second-order valence-corrected chi connectivity index (χ2v) is 6.73. The number of aryl methyl sites for hydroxylation is 1. The Kier molecular flexibility index (Phi) is 6.97. The molecule has 0 aliphatic carbocycles. The van der Waals surface area contributed by atoms with E-state index in [1.54, 1.807) is 20.2 Å². The van der Waals surface area contributed by atoms with E-state index in [4.69, 9.17) is 4.74 Å². The van der Waals surface area contributed by atoms with Crippen LogP contribution in [0.4, 0.5) is 5.69 Å². The first kappa shape index (κ1) is 19.7. The molecule has 0 saturated carbocycles. The van der Waals surface area contributed by atoms with Crippen molar-refractivity contribution >= 4 is 39.5 Å². The van der Waals surface area contributed by atoms with Crippen molar-refractivity contribution in [3.05, 3.63) is 64.1 Å². The van der Waals surface area contributed by atoms with Crippen LogP contribution in [0.25, 0.3) is 6.08 Å². The van der Waals surface area contributed by atoms with Gasteiger partial charge in [0.15, 0.2) is 0 Å². The number of hydrogen-bond donors (Lipinski definition) is 1. The lowest BCUT2D eigenvalue weighted by atomic mass is 10.2. The van der Waals surface area contributed by atoms with E-state index < -0.39 is 0 Å². The van der Waals surface area contributed by atoms with Crippen LogP contribution in [0.3, 0.4) is 0 Å². The average Bonchev–Trinajstić information content (AvgIpc) is 2.62. The van der Waals surface area contributed by atoms with E-state index in [0.717, 1.165) is 27.0 Å². The largest absolute Gasteiger partial charge is 0.497 e. The molecule has 136 valence electrons. The van der Waals surface area contributed by atoms with Crippen molar-refractivity contribution in [2.24, 2.45) is 0 Å². The SMILES string of the molecule is COc1cccc(C=CC(=O)N(C)CC(=O)Nc2ccc(Br)cc2C)c1. The standard InChI is InChI=1S/C20H21BrN2O3/c1-14-11-16(21)8-9-18(14)22-19(24)13-23(2)20(25)10-7-15-5-4-6-17(12-15)26-3/h4-12H,13H2,1-3H3,(H,22,24). The zero-order chi connectivity index (χ0) is 19.1. The lowest BCUT2D eigenvalue weighted by molar-refractivity contribution is -0.129. The Labute approximate surface area is 161 Å². The van der Waals surface area contributed by atoms with Crippen molar-refractivity contribution in [3.8, 4) is 5.75 Å². The number of carbonyl (C=O) groups excluding carboxylic acids is 2. The number of hydrogen-bond acceptors (Lipinski definition) is 3. The van der Waals surface area contributed by atoms with Crippen LogP contribution < -0.4 is 10.1 Å². The molecule has 0 atom stereocenters. The Morgan fingerprint density at radius 3 is 2.69 bits per heavy atom. The molecule has 2 aromatic rings. The van der Waals surface area contributed by atoms with Crippen molar-refractivity contribution in [1.29, 1.82) is 0 Å². The minimum absolute atomic E-state index is 0.0310. The van der Waals surface area contributed by atoms with E-state index in [1.165, 1.54) is 11.0 Å². The number of halogens is 1. The number of likely N-dealkylation sites (N-methyl/N-ethyl adjacent to an activating group) is 1. The second kappa shape index (κ2) is 9.20. The van der Waals surface area contributed by atoms with Crippen LogP contribution in [-0.4, -0.2) is 37.4 Å². The maximum atomic E-state index is 12.2. The molecule has 1 N–H and O–H groups in total. The molecule has 0 fully saturated rings. The van der Waals surface area contributed by atoms with Crippen LogP contribution in [0.15, 0.2) is 53.0 Å². The van der Waals surface area contributed by atoms with Gasteiger partial charge in [-0.15, -0.1) is 0 Å². The Balaban J connectivity index is 1.93. The average molecular weight is 417 g/mol. The summed E-state index contributed by atoms with van der Waals surface area (Å²) in [5.41, 5.74) is 2.52. The summed E-state index contributed by atoms with van der Waals surface area (Å²) in [6, 6.07) is 13.0. The molecule has 26 heavy (non-hydrogen) atoms. The first-order valence-electron chi connectivity index (χ1n) is 8.02. The molecule has 0 aromatic heterocycles. The van der Waals surface area contributed by atoms with Crippen molar-refractivity contribution in [2.75, 3.05) is 26.0 Å². The third kappa shape index (κ3) is 5.74. The number of ether oxygens (including phenoxy) is 1. The fourth-order valence-corrected chi connectivity index (χ4v) is 2.77. The summed E-state index contributed by atoms with van der Waals surface area (Å²) in [4.78, 5) is 25.7. The number of anilines is 1. The van der Waals surface area contributed by atoms with Gasteiger partial charge in [0.1, 0.15) is 5.75 Å². The molecule has 0 heterocycles. The predicted molar refractivity (Wildman–Crippen MR) is 107 cm³/mol. The molecule has 0 spiro atoms. The van der Waals surface area contributed by atoms with E-state index in [-0.39, 0.29) is 18.4 Å². The minimum Gasteiger partial charge on any atom is -0.497 e. The highest BCUT2D eigenvalue weighted by molar-refractivity contribution is 9.10. The fraction of sp³-hybridized carbons (Fsp3) is 0.200. The molecule has 0 unspecified atom stereocenters. The summed E-state index contributed by atoms with van der Waals surface area (Å²) in [6.45, 7) is 1.88. The molecule has 0 aliphatic heterocycles. The van der Waals surface area contributed by atoms with Gasteiger partial charge in [-0.2, -0.15) is 0 Å². The highest BCUT2D eigenvalue weighted by Crippen LogP contribution is 2.20. The van der Waals surface area contributed by atoms with Crippen LogP contribution in [0.1, 0.15) is 11.1 Å². The summed E-state index contributed by atoms with van der Waals surface area (Å²) in [5.74, 6) is 0.216. The van der Waals surface area contributed by atoms with Gasteiger partial charge < -0.3 is 15.0 Å². The van der Waals surface area contributed by atoms with Gasteiger partial charge in [0.25, 0.3) is 0 Å². The quantitative estimate of drug-likeness (QED) is 0.726. The number of benzene rings is 2. The van der Waals surface area contributed by atoms with Gasteiger partial charge in [0.05, 0.1) is 13.7 Å². The lowest BCUT2D eigenvalue weighted by Crippen LogP contribution is -2.34. The minimum atomic E-state index is -0.254. The van der Waals surface area contributed by atoms with E-state index >= 15 is 0 Å². The third-order valence-electron chi connectivity index (χ3n) is 3.73. The monoisotopic (exact) mass is 416 g/mol. The van der Waals surface area contributed by atoms with Gasteiger partial charge >= 0.3 is 0 Å². The van der Waals surface area contributed by atoms with Gasteiger partial charge in [-0.25, -0.2) is 0 Å². The molecule has 0 aliphatic rings. The summed E-state index contributed by atoms with van der Waals surface area (Å²) >= 11 is 3.39. The van der Waals surface area contributed by atoms with Crippen molar-refractivity contribution < 1.29 is 14.3 Å². The van der Waals surface area contributed by atoms with Gasteiger partial charge in [0.2, 0.25) is 11.8 Å². The summed E-state index contributed by atoms with van der Waals surface area (Å²) in [6.07, 6.45) is 3.13. The van der Waals surface area contributed by atoms with E-state index in [0.29, 0.717) is 0 Å². The second-order valence-electron chi connectivity index (χ2n) is 5.81. The summed E-state index contributed by atoms with van der Waals surface area (Å²) in [5, 5.41) is 2.82. The molecular weight excluding hydrogens is 396 g/mol. The molecule has 0 saturated heterocycles. The first-order valence-corrected chi connectivity index (χ1v) is 8.81. The van der Waals surface area contributed by atoms with Crippen LogP contribution in [0.2, 0.25) is 0 Å². The number of methoxy groups -OCH3 is 1. The van der Waals surface area contributed by atoms with Crippen molar-refractivity contribution in [2.45, 2.75) is 6.92 Å². The van der Waals surface area contributed by atoms with Crippen molar-refractivity contribution in [1.82, 2.24) is 4.90 Å². The van der Waals surface area contributed by atoms with Crippen LogP contribution >= 0.6 is 15.9 Å². The zero-order valence-electron chi connectivity index (χ0n) is 15.0. The summed E-state index contributed by atoms with van der Waals surface area (Å²) in [7, 11) is 3.18. The van der Waals surface area contributed by atoms with E-state index in [9.17, 15) is 9.59 Å². The van der Waals surface area contributed by atoms with Crippen LogP contribution in [0.5, 0.6) is 5.75 Å². The normalized spacial score (nSPS) is 10.6. The molecule has 2 aromatic carbocycles. The highest BCUT2D eigenvalue weighted by Gasteiger charge is 2.11. The molecule has 0 bridgehead atoms. The number of nitrogens with one attached hydrogen (secondary N) is 1. The van der Waals surface area contributed by atoms with Gasteiger partial charge in [-0.1, -0.05) is 28.1 Å². The number of carbonyl (C=O) groups is 2. The number of rotatable bonds is 6. The maximum absolute atomic E-state index is 12.2. The molecular formula is C20H21BrN2O3. The molecule has 2 rings (SSSR count). The third-order valence-corrected chi connectivity index (χ3v) is 4.22. The number of nitrogens with zero attached hydrogens (tertiary/aromatic N) is 1. The Hall–Kier alpha value is -2.60. The van der Waals surface area contributed by atoms with E-state index in [2.05, 4.69) is 21.2 Å². The van der Waals surface area contributed by atoms with Crippen molar-refractivity contribution in [3.63, 3.8) is 0 Å². The Morgan fingerprint density at radius 1 is 1.23 bits per heavy atom. The van der Waals surface area contributed by atoms with Crippen LogP contribution in [-0.2, 0) is 9.59 Å². The molecule has 0 radical (unpaired) electrons. The van der Waals surface area contributed by atoms with Gasteiger partial charge in [0, 0.05) is 23.3 Å². The smallest absolute Gasteiger partial charge is 0.246 e. The van der Waals surface area contributed by atoms with Crippen LogP contribution in [0, 0.1) is 6.92 Å². The summed E-state index contributed by atoms with van der Waals surface area (Å²) < 4.78 is 6.10. The lowest BCUT2D eigenvalue weighted by Gasteiger charge is -2.15. The molecule has 2 amide bonds. The number of amides is 2. The van der Waals surface area contributed by atoms with Gasteiger partial charge in [-0.05, 0) is 54.5 Å². The Morgan fingerprint density at radius 2 is 2.00 bits per heavy atom. The fourth-order valence-electron chi connectivity index (χ4n) is 2.29. The first-order chi connectivity index (χ1) is 12.4. The predicted octanol–water partition coefficient (Wildman–Crippen LogP) is 3.88. The zero-order valence-corrected chi connectivity index (χ0v) is 16.5. The topological polar surface area (TPSA) is 58.6 Å². The van der Waals surface area contributed by atoms with E-state index in [1.807, 2.05) is 49.4 Å². The Bertz CT molecular complexity index is 834. The highest BCUT2D eigenvalue weighted by atomic mass is 79.9. The molecule has 5 nitrogen and oxygen atoms in total. The maximum Gasteiger partial charge on any atom is 0.246 e. The molecule has 6 heteroatoms. The van der Waals surface area contributed by atoms with Gasteiger partial charge in [-0.3, -0.25) is 9.59 Å².